The minimum Gasteiger partial charge on any atom is -0.207 e. The van der Waals surface area contributed by atoms with Gasteiger partial charge in [0, 0.05) is 0 Å². The first-order valence-corrected chi connectivity index (χ1v) is 5.19. The summed E-state index contributed by atoms with van der Waals surface area (Å²) in [5, 5.41) is 0. The van der Waals surface area contributed by atoms with E-state index in [1.54, 1.807) is 0 Å². The minimum absolute atomic E-state index is 0.176. The number of hydrogen-bond donors (Lipinski definition) is 0. The van der Waals surface area contributed by atoms with Gasteiger partial charge < -0.3 is 0 Å². The Morgan fingerprint density at radius 1 is 1.21 bits per heavy atom. The quantitative estimate of drug-likeness (QED) is 0.642. The fourth-order valence-corrected chi connectivity index (χ4v) is 1.24. The average molecular weight is 194 g/mol. The zero-order chi connectivity index (χ0) is 11.0. The Kier molecular flexibility index (Phi) is 6.73. The Morgan fingerprint density at radius 3 is 2.07 bits per heavy atom. The van der Waals surface area contributed by atoms with Crippen LogP contribution in [0.3, 0.4) is 0 Å². The molecule has 78 valence electrons. The number of benzene rings is 1. The van der Waals surface area contributed by atoms with E-state index in [2.05, 4.69) is 13.0 Å². The summed E-state index contributed by atoms with van der Waals surface area (Å²) in [6, 6.07) is 6.62. The molecule has 0 heterocycles. The summed E-state index contributed by atoms with van der Waals surface area (Å²) in [7, 11) is 0. The molecule has 0 aromatic heterocycles. The van der Waals surface area contributed by atoms with Crippen LogP contribution in [-0.2, 0) is 0 Å². The van der Waals surface area contributed by atoms with Crippen LogP contribution in [0.1, 0.15) is 39.7 Å². The van der Waals surface area contributed by atoms with Crippen molar-refractivity contribution in [3.05, 3.63) is 41.7 Å². The Morgan fingerprint density at radius 2 is 1.71 bits per heavy atom. The molecular weight excluding hydrogens is 175 g/mol. The second-order valence-electron chi connectivity index (χ2n) is 2.67. The number of allylic oxidation sites excluding steroid dienone is 2. The highest BCUT2D eigenvalue weighted by atomic mass is 19.1. The van der Waals surface area contributed by atoms with Crippen LogP contribution in [0, 0.1) is 5.82 Å². The van der Waals surface area contributed by atoms with Crippen molar-refractivity contribution in [2.24, 2.45) is 0 Å². The molecule has 0 aliphatic carbocycles. The van der Waals surface area contributed by atoms with Crippen molar-refractivity contribution in [2.75, 3.05) is 0 Å². The van der Waals surface area contributed by atoms with Gasteiger partial charge in [-0.1, -0.05) is 39.0 Å². The van der Waals surface area contributed by atoms with Gasteiger partial charge in [-0.15, -0.1) is 0 Å². The lowest BCUT2D eigenvalue weighted by Crippen LogP contribution is -1.82. The van der Waals surface area contributed by atoms with Crippen LogP contribution < -0.4 is 0 Å². The first-order chi connectivity index (χ1) is 6.77. The summed E-state index contributed by atoms with van der Waals surface area (Å²) < 4.78 is 12.5. The normalized spacial score (nSPS) is 10.5. The maximum Gasteiger partial charge on any atom is 0.123 e. The van der Waals surface area contributed by atoms with E-state index in [-0.39, 0.29) is 5.82 Å². The van der Waals surface area contributed by atoms with Gasteiger partial charge in [-0.25, -0.2) is 4.39 Å². The van der Waals surface area contributed by atoms with E-state index in [4.69, 9.17) is 0 Å². The van der Waals surface area contributed by atoms with E-state index in [1.165, 1.54) is 17.7 Å². The minimum atomic E-state index is -0.176. The molecule has 0 atom stereocenters. The third-order valence-electron chi connectivity index (χ3n) is 1.94. The summed E-state index contributed by atoms with van der Waals surface area (Å²) in [4.78, 5) is 0. The van der Waals surface area contributed by atoms with Crippen molar-refractivity contribution in [2.45, 2.75) is 34.1 Å². The maximum absolute atomic E-state index is 12.5. The van der Waals surface area contributed by atoms with E-state index < -0.39 is 0 Å². The van der Waals surface area contributed by atoms with E-state index in [0.29, 0.717) is 0 Å². The molecule has 1 aromatic rings. The monoisotopic (exact) mass is 194 g/mol. The van der Waals surface area contributed by atoms with Crippen molar-refractivity contribution < 1.29 is 4.39 Å². The van der Waals surface area contributed by atoms with Gasteiger partial charge in [0.25, 0.3) is 0 Å². The first kappa shape index (κ1) is 12.9. The van der Waals surface area contributed by atoms with Gasteiger partial charge in [-0.2, -0.15) is 0 Å². The summed E-state index contributed by atoms with van der Waals surface area (Å²) in [6.07, 6.45) is 3.05. The van der Waals surface area contributed by atoms with Gasteiger partial charge in [-0.3, -0.25) is 0 Å². The topological polar surface area (TPSA) is 0 Å². The predicted molar refractivity (Wildman–Crippen MR) is 61.7 cm³/mol. The van der Waals surface area contributed by atoms with Gasteiger partial charge in [0.05, 0.1) is 0 Å². The maximum atomic E-state index is 12.5. The van der Waals surface area contributed by atoms with Crippen LogP contribution in [0.5, 0.6) is 0 Å². The molecule has 1 heteroatoms. The van der Waals surface area contributed by atoms with Crippen LogP contribution in [0.4, 0.5) is 4.39 Å². The standard InChI is InChI=1S/C11H13F.C2H6/c1-3-9(4-2)10-5-7-11(12)8-6-10;1-2/h3,5-8H,4H2,1-2H3;1-2H3. The molecule has 0 amide bonds. The van der Waals surface area contributed by atoms with Crippen LogP contribution >= 0.6 is 0 Å². The lowest BCUT2D eigenvalue weighted by Gasteiger charge is -2.02. The van der Waals surface area contributed by atoms with Gasteiger partial charge in [-0.05, 0) is 36.6 Å². The molecule has 0 nitrogen and oxygen atoms in total. The van der Waals surface area contributed by atoms with Crippen molar-refractivity contribution in [3.8, 4) is 0 Å². The van der Waals surface area contributed by atoms with Gasteiger partial charge in [0.2, 0.25) is 0 Å². The lowest BCUT2D eigenvalue weighted by atomic mass is 10.0. The third-order valence-corrected chi connectivity index (χ3v) is 1.94. The fourth-order valence-electron chi connectivity index (χ4n) is 1.24. The van der Waals surface area contributed by atoms with Crippen molar-refractivity contribution >= 4 is 5.57 Å². The van der Waals surface area contributed by atoms with E-state index in [1.807, 2.05) is 32.9 Å². The predicted octanol–water partition coefficient (Wildman–Crippen LogP) is 4.67. The van der Waals surface area contributed by atoms with E-state index in [9.17, 15) is 4.39 Å². The highest BCUT2D eigenvalue weighted by Crippen LogP contribution is 2.17. The molecule has 14 heavy (non-hydrogen) atoms. The van der Waals surface area contributed by atoms with Gasteiger partial charge >= 0.3 is 0 Å². The zero-order valence-corrected chi connectivity index (χ0v) is 9.47. The van der Waals surface area contributed by atoms with Crippen LogP contribution in [0.25, 0.3) is 5.57 Å². The molecule has 0 saturated carbocycles. The summed E-state index contributed by atoms with van der Waals surface area (Å²) >= 11 is 0. The van der Waals surface area contributed by atoms with Gasteiger partial charge in [0.1, 0.15) is 5.82 Å². The highest BCUT2D eigenvalue weighted by Gasteiger charge is 1.96. The Labute approximate surface area is 86.5 Å². The Balaban J connectivity index is 0.000000791. The molecule has 1 rings (SSSR count). The SMILES string of the molecule is CC.CC=C(CC)c1ccc(F)cc1. The largest absolute Gasteiger partial charge is 0.207 e. The molecule has 0 N–H and O–H groups in total. The average Bonchev–Trinajstić information content (AvgIpc) is 2.25. The third kappa shape index (κ3) is 3.73. The summed E-state index contributed by atoms with van der Waals surface area (Å²) in [5.74, 6) is -0.176. The first-order valence-electron chi connectivity index (χ1n) is 5.19. The number of hydrogen-bond acceptors (Lipinski definition) is 0. The molecule has 0 saturated heterocycles. The van der Waals surface area contributed by atoms with Crippen molar-refractivity contribution in [1.29, 1.82) is 0 Å². The molecule has 0 radical (unpaired) electrons. The number of rotatable bonds is 2. The fraction of sp³-hybridized carbons (Fsp3) is 0.385. The van der Waals surface area contributed by atoms with Crippen molar-refractivity contribution in [1.82, 2.24) is 0 Å². The molecule has 0 unspecified atom stereocenters. The second kappa shape index (κ2) is 7.31. The molecule has 0 bridgehead atoms. The van der Waals surface area contributed by atoms with Crippen molar-refractivity contribution in [3.63, 3.8) is 0 Å². The second-order valence-corrected chi connectivity index (χ2v) is 2.67. The smallest absolute Gasteiger partial charge is 0.123 e. The molecule has 0 spiro atoms. The molecular formula is C13H19F. The van der Waals surface area contributed by atoms with Crippen LogP contribution in [0.2, 0.25) is 0 Å². The zero-order valence-electron chi connectivity index (χ0n) is 9.47. The van der Waals surface area contributed by atoms with Crippen LogP contribution in [-0.4, -0.2) is 0 Å². The Bertz CT molecular complexity index is 270. The Hall–Kier alpha value is -1.11. The lowest BCUT2D eigenvalue weighted by molar-refractivity contribution is 0.627. The van der Waals surface area contributed by atoms with Crippen LogP contribution in [0.15, 0.2) is 30.3 Å². The molecule has 1 aromatic carbocycles. The summed E-state index contributed by atoms with van der Waals surface area (Å²) in [6.45, 7) is 8.10. The summed E-state index contributed by atoms with van der Waals surface area (Å²) in [5.41, 5.74) is 2.37. The van der Waals surface area contributed by atoms with E-state index in [0.717, 1.165) is 12.0 Å². The highest BCUT2D eigenvalue weighted by molar-refractivity contribution is 5.64. The molecule has 0 aliphatic heterocycles. The van der Waals surface area contributed by atoms with E-state index >= 15 is 0 Å². The molecule has 0 aliphatic rings. The van der Waals surface area contributed by atoms with Gasteiger partial charge in [0.15, 0.2) is 0 Å². The molecule has 0 fully saturated rings. The number of halogens is 1.